The minimum absolute atomic E-state index is 0.127. The van der Waals surface area contributed by atoms with Crippen molar-refractivity contribution in [1.82, 2.24) is 9.97 Å². The van der Waals surface area contributed by atoms with Gasteiger partial charge in [0.05, 0.1) is 10.9 Å². The van der Waals surface area contributed by atoms with E-state index in [9.17, 15) is 9.59 Å². The molecule has 5 heteroatoms. The minimum atomic E-state index is -0.194. The van der Waals surface area contributed by atoms with Crippen LogP contribution in [-0.4, -0.2) is 16.3 Å². The van der Waals surface area contributed by atoms with Gasteiger partial charge in [-0.1, -0.05) is 24.3 Å². The number of nitrogens with one attached hydrogen (secondary N) is 1. The summed E-state index contributed by atoms with van der Waals surface area (Å²) in [5.41, 5.74) is 0.967. The molecule has 0 saturated carbocycles. The lowest BCUT2D eigenvalue weighted by atomic mass is 10.2. The monoisotopic (exact) mass is 280 g/mol. The Hall–Kier alpha value is -2.95. The summed E-state index contributed by atoms with van der Waals surface area (Å²) in [4.78, 5) is 29.7. The second-order valence-corrected chi connectivity index (χ2v) is 4.51. The van der Waals surface area contributed by atoms with E-state index in [1.165, 1.54) is 0 Å². The van der Waals surface area contributed by atoms with E-state index in [1.807, 2.05) is 6.07 Å². The Bertz CT molecular complexity index is 855. The van der Waals surface area contributed by atoms with Gasteiger partial charge in [-0.25, -0.2) is 4.98 Å². The quantitative estimate of drug-likeness (QED) is 0.744. The van der Waals surface area contributed by atoms with E-state index in [-0.39, 0.29) is 12.2 Å². The number of benzene rings is 2. The molecule has 0 atom stereocenters. The zero-order valence-corrected chi connectivity index (χ0v) is 11.1. The van der Waals surface area contributed by atoms with Gasteiger partial charge in [0.1, 0.15) is 24.5 Å². The summed E-state index contributed by atoms with van der Waals surface area (Å²) in [6.07, 6.45) is 0.753. The van der Waals surface area contributed by atoms with Crippen molar-refractivity contribution in [3.63, 3.8) is 0 Å². The van der Waals surface area contributed by atoms with Crippen LogP contribution in [0.15, 0.2) is 53.3 Å². The second-order valence-electron chi connectivity index (χ2n) is 4.51. The fraction of sp³-hybridized carbons (Fsp3) is 0.0625. The molecule has 3 aromatic rings. The maximum atomic E-state index is 11.9. The molecule has 3 rings (SSSR count). The van der Waals surface area contributed by atoms with Crippen LogP contribution >= 0.6 is 0 Å². The molecule has 0 saturated heterocycles. The number of nitrogens with zero attached hydrogens (tertiary/aromatic N) is 1. The predicted octanol–water partition coefficient (Wildman–Crippen LogP) is 2.31. The fourth-order valence-corrected chi connectivity index (χ4v) is 2.03. The van der Waals surface area contributed by atoms with Gasteiger partial charge in [0.2, 0.25) is 0 Å². The van der Waals surface area contributed by atoms with Gasteiger partial charge >= 0.3 is 0 Å². The average Bonchev–Trinajstić information content (AvgIpc) is 2.53. The summed E-state index contributed by atoms with van der Waals surface area (Å²) in [6, 6.07) is 13.9. The number of hydrogen-bond donors (Lipinski definition) is 1. The van der Waals surface area contributed by atoms with Crippen molar-refractivity contribution in [2.75, 3.05) is 0 Å². The third-order valence-corrected chi connectivity index (χ3v) is 3.03. The summed E-state index contributed by atoms with van der Waals surface area (Å²) < 4.78 is 5.55. The molecule has 0 spiro atoms. The highest BCUT2D eigenvalue weighted by Crippen LogP contribution is 2.13. The number of ether oxygens (including phenoxy) is 1. The lowest BCUT2D eigenvalue weighted by molar-refractivity contribution is 0.112. The first kappa shape index (κ1) is 13.1. The first-order valence-corrected chi connectivity index (χ1v) is 6.42. The van der Waals surface area contributed by atoms with Gasteiger partial charge in [0.25, 0.3) is 5.56 Å². The van der Waals surface area contributed by atoms with Crippen LogP contribution in [-0.2, 0) is 6.61 Å². The highest BCUT2D eigenvalue weighted by Gasteiger charge is 2.04. The molecular formula is C16H12N2O3. The van der Waals surface area contributed by atoms with Gasteiger partial charge in [-0.2, -0.15) is 0 Å². The number of carbonyl (C=O) groups is 1. The Labute approximate surface area is 120 Å². The van der Waals surface area contributed by atoms with Crippen LogP contribution in [0.25, 0.3) is 10.9 Å². The molecule has 0 aliphatic carbocycles. The molecule has 0 aliphatic heterocycles. The zero-order valence-electron chi connectivity index (χ0n) is 11.1. The van der Waals surface area contributed by atoms with Crippen LogP contribution in [0.3, 0.4) is 0 Å². The summed E-state index contributed by atoms with van der Waals surface area (Å²) in [6.45, 7) is 0.127. The molecule has 1 N–H and O–H groups in total. The van der Waals surface area contributed by atoms with Crippen LogP contribution < -0.4 is 10.3 Å². The van der Waals surface area contributed by atoms with Crippen molar-refractivity contribution in [1.29, 1.82) is 0 Å². The van der Waals surface area contributed by atoms with Gasteiger partial charge in [-0.15, -0.1) is 0 Å². The summed E-state index contributed by atoms with van der Waals surface area (Å²) in [5.74, 6) is 0.991. The number of aldehydes is 1. The van der Waals surface area contributed by atoms with E-state index >= 15 is 0 Å². The van der Waals surface area contributed by atoms with Crippen molar-refractivity contribution < 1.29 is 9.53 Å². The predicted molar refractivity (Wildman–Crippen MR) is 78.5 cm³/mol. The van der Waals surface area contributed by atoms with E-state index in [4.69, 9.17) is 4.74 Å². The third kappa shape index (κ3) is 2.81. The van der Waals surface area contributed by atoms with Gasteiger partial charge < -0.3 is 9.72 Å². The molecule has 0 radical (unpaired) electrons. The van der Waals surface area contributed by atoms with E-state index in [0.717, 1.165) is 6.29 Å². The Morgan fingerprint density at radius 2 is 2.00 bits per heavy atom. The van der Waals surface area contributed by atoms with E-state index in [0.29, 0.717) is 28.0 Å². The Morgan fingerprint density at radius 3 is 2.86 bits per heavy atom. The SMILES string of the molecule is O=Cc1cccc(OCc2nc3ccccc3c(=O)[nH]2)c1. The van der Waals surface area contributed by atoms with Crippen LogP contribution in [0.5, 0.6) is 5.75 Å². The van der Waals surface area contributed by atoms with E-state index in [2.05, 4.69) is 9.97 Å². The molecule has 1 heterocycles. The van der Waals surface area contributed by atoms with Crippen LogP contribution in [0.4, 0.5) is 0 Å². The lowest BCUT2D eigenvalue weighted by Gasteiger charge is -2.06. The molecule has 0 unspecified atom stereocenters. The van der Waals surface area contributed by atoms with Gasteiger partial charge in [-0.05, 0) is 24.3 Å². The van der Waals surface area contributed by atoms with E-state index < -0.39 is 0 Å². The number of rotatable bonds is 4. The van der Waals surface area contributed by atoms with Crippen LogP contribution in [0.2, 0.25) is 0 Å². The van der Waals surface area contributed by atoms with Crippen molar-refractivity contribution in [2.45, 2.75) is 6.61 Å². The molecule has 0 fully saturated rings. The minimum Gasteiger partial charge on any atom is -0.486 e. The third-order valence-electron chi connectivity index (χ3n) is 3.03. The number of hydrogen-bond acceptors (Lipinski definition) is 4. The van der Waals surface area contributed by atoms with E-state index in [1.54, 1.807) is 42.5 Å². The number of aromatic nitrogens is 2. The summed E-state index contributed by atoms with van der Waals surface area (Å²) in [5, 5.41) is 0.546. The number of para-hydroxylation sites is 1. The van der Waals surface area contributed by atoms with Gasteiger partial charge in [-0.3, -0.25) is 9.59 Å². The molecule has 1 aromatic heterocycles. The van der Waals surface area contributed by atoms with Gasteiger partial charge in [0.15, 0.2) is 0 Å². The smallest absolute Gasteiger partial charge is 0.258 e. The molecule has 0 aliphatic rings. The lowest BCUT2D eigenvalue weighted by Crippen LogP contribution is -2.13. The second kappa shape index (κ2) is 5.58. The summed E-state index contributed by atoms with van der Waals surface area (Å²) in [7, 11) is 0. The zero-order chi connectivity index (χ0) is 14.7. The topological polar surface area (TPSA) is 72.0 Å². The molecule has 0 amide bonds. The van der Waals surface area contributed by atoms with Crippen molar-refractivity contribution >= 4 is 17.2 Å². The maximum absolute atomic E-state index is 11.9. The fourth-order valence-electron chi connectivity index (χ4n) is 2.03. The normalized spacial score (nSPS) is 10.5. The molecule has 2 aromatic carbocycles. The number of aromatic amines is 1. The molecule has 21 heavy (non-hydrogen) atoms. The highest BCUT2D eigenvalue weighted by molar-refractivity contribution is 5.77. The molecule has 5 nitrogen and oxygen atoms in total. The maximum Gasteiger partial charge on any atom is 0.258 e. The standard InChI is InChI=1S/C16H12N2O3/c19-9-11-4-3-5-12(8-11)21-10-15-17-14-7-2-1-6-13(14)16(20)18-15/h1-9H,10H2,(H,17,18,20). The summed E-state index contributed by atoms with van der Waals surface area (Å²) >= 11 is 0. The molecule has 104 valence electrons. The first-order chi connectivity index (χ1) is 10.3. The molecular weight excluding hydrogens is 268 g/mol. The number of carbonyl (C=O) groups excluding carboxylic acids is 1. The van der Waals surface area contributed by atoms with Crippen LogP contribution in [0.1, 0.15) is 16.2 Å². The number of H-pyrrole nitrogens is 1. The molecule has 0 bridgehead atoms. The highest BCUT2D eigenvalue weighted by atomic mass is 16.5. The Kier molecular flexibility index (Phi) is 3.47. The average molecular weight is 280 g/mol. The van der Waals surface area contributed by atoms with Crippen molar-refractivity contribution in [3.05, 3.63) is 70.3 Å². The van der Waals surface area contributed by atoms with Crippen molar-refractivity contribution in [3.8, 4) is 5.75 Å². The largest absolute Gasteiger partial charge is 0.486 e. The Balaban J connectivity index is 1.85. The Morgan fingerprint density at radius 1 is 1.14 bits per heavy atom. The van der Waals surface area contributed by atoms with Crippen LogP contribution in [0, 0.1) is 0 Å². The van der Waals surface area contributed by atoms with Gasteiger partial charge in [0, 0.05) is 5.56 Å². The first-order valence-electron chi connectivity index (χ1n) is 6.42. The van der Waals surface area contributed by atoms with Crippen molar-refractivity contribution in [2.24, 2.45) is 0 Å². The number of fused-ring (bicyclic) bond motifs is 1.